The van der Waals surface area contributed by atoms with Gasteiger partial charge in [0.15, 0.2) is 0 Å². The van der Waals surface area contributed by atoms with Gasteiger partial charge in [-0.3, -0.25) is 0 Å². The van der Waals surface area contributed by atoms with Crippen LogP contribution in [0.5, 0.6) is 0 Å². The Kier molecular flexibility index (Phi) is 7.56. The lowest BCUT2D eigenvalue weighted by atomic mass is 10.0. The molecule has 0 saturated carbocycles. The lowest BCUT2D eigenvalue weighted by Gasteiger charge is -2.23. The predicted molar refractivity (Wildman–Crippen MR) is 95.7 cm³/mol. The summed E-state index contributed by atoms with van der Waals surface area (Å²) in [5, 5.41) is 6.42. The fourth-order valence-electron chi connectivity index (χ4n) is 2.39. The number of ether oxygens (including phenoxy) is 1. The molecule has 0 aliphatic carbocycles. The highest BCUT2D eigenvalue weighted by molar-refractivity contribution is 5.67. The highest BCUT2D eigenvalue weighted by atomic mass is 16.6. The van der Waals surface area contributed by atoms with Crippen molar-refractivity contribution in [3.8, 4) is 0 Å². The molecule has 0 spiro atoms. The second-order valence-electron chi connectivity index (χ2n) is 7.18. The summed E-state index contributed by atoms with van der Waals surface area (Å²) in [5.41, 5.74) is 3.41. The number of hydrogen-bond donors (Lipinski definition) is 2. The van der Waals surface area contributed by atoms with E-state index in [9.17, 15) is 4.79 Å². The van der Waals surface area contributed by atoms with Gasteiger partial charge >= 0.3 is 6.09 Å². The van der Waals surface area contributed by atoms with Crippen molar-refractivity contribution in [3.63, 3.8) is 0 Å². The standard InChI is InChI=1S/C19H32N2O2/c1-7-8-17(13-21-18(22)23-19(4,5)6)20-12-16-11-14(2)9-10-15(16)3/h9-11,17,20H,7-8,12-13H2,1-6H3,(H,21,22). The molecule has 1 unspecified atom stereocenters. The summed E-state index contributed by atoms with van der Waals surface area (Å²) in [6.07, 6.45) is 1.73. The third-order valence-electron chi connectivity index (χ3n) is 3.61. The maximum absolute atomic E-state index is 11.8. The van der Waals surface area contributed by atoms with Crippen LogP contribution in [0.25, 0.3) is 0 Å². The monoisotopic (exact) mass is 320 g/mol. The first-order chi connectivity index (χ1) is 10.7. The SMILES string of the molecule is CCCC(CNC(=O)OC(C)(C)C)NCc1cc(C)ccc1C. The Hall–Kier alpha value is -1.55. The molecule has 0 radical (unpaired) electrons. The smallest absolute Gasteiger partial charge is 0.407 e. The number of benzene rings is 1. The molecule has 1 aromatic rings. The van der Waals surface area contributed by atoms with Gasteiger partial charge in [0.05, 0.1) is 0 Å². The van der Waals surface area contributed by atoms with E-state index in [1.807, 2.05) is 20.8 Å². The van der Waals surface area contributed by atoms with E-state index in [-0.39, 0.29) is 12.1 Å². The van der Waals surface area contributed by atoms with E-state index in [0.717, 1.165) is 19.4 Å². The third-order valence-corrected chi connectivity index (χ3v) is 3.61. The van der Waals surface area contributed by atoms with Crippen molar-refractivity contribution in [1.29, 1.82) is 0 Å². The van der Waals surface area contributed by atoms with Gasteiger partial charge in [-0.25, -0.2) is 4.79 Å². The average Bonchev–Trinajstić information content (AvgIpc) is 2.43. The van der Waals surface area contributed by atoms with Crippen LogP contribution < -0.4 is 10.6 Å². The van der Waals surface area contributed by atoms with Gasteiger partial charge in [0.25, 0.3) is 0 Å². The van der Waals surface area contributed by atoms with Crippen molar-refractivity contribution < 1.29 is 9.53 Å². The summed E-state index contributed by atoms with van der Waals surface area (Å²) in [6.45, 7) is 13.4. The lowest BCUT2D eigenvalue weighted by molar-refractivity contribution is 0.0521. The summed E-state index contributed by atoms with van der Waals surface area (Å²) >= 11 is 0. The first-order valence-electron chi connectivity index (χ1n) is 8.47. The molecule has 130 valence electrons. The number of nitrogens with one attached hydrogen (secondary N) is 2. The molecule has 0 bridgehead atoms. The van der Waals surface area contributed by atoms with Crippen molar-refractivity contribution in [1.82, 2.24) is 10.6 Å². The van der Waals surface area contributed by atoms with Crippen LogP contribution in [-0.2, 0) is 11.3 Å². The van der Waals surface area contributed by atoms with Crippen LogP contribution in [0.1, 0.15) is 57.2 Å². The van der Waals surface area contributed by atoms with E-state index in [4.69, 9.17) is 4.74 Å². The summed E-state index contributed by atoms with van der Waals surface area (Å²) in [6, 6.07) is 6.74. The zero-order chi connectivity index (χ0) is 17.5. The van der Waals surface area contributed by atoms with Crippen molar-refractivity contribution in [3.05, 3.63) is 34.9 Å². The molecule has 0 saturated heterocycles. The maximum atomic E-state index is 11.8. The second-order valence-corrected chi connectivity index (χ2v) is 7.18. The normalized spacial score (nSPS) is 12.8. The van der Waals surface area contributed by atoms with Crippen molar-refractivity contribution in [2.24, 2.45) is 0 Å². The summed E-state index contributed by atoms with van der Waals surface area (Å²) in [5.74, 6) is 0. The fraction of sp³-hybridized carbons (Fsp3) is 0.632. The van der Waals surface area contributed by atoms with E-state index in [0.29, 0.717) is 6.54 Å². The third kappa shape index (κ3) is 8.03. The first-order valence-corrected chi connectivity index (χ1v) is 8.47. The number of hydrogen-bond acceptors (Lipinski definition) is 3. The molecule has 0 heterocycles. The van der Waals surface area contributed by atoms with Gasteiger partial charge in [-0.1, -0.05) is 37.1 Å². The highest BCUT2D eigenvalue weighted by Crippen LogP contribution is 2.11. The van der Waals surface area contributed by atoms with E-state index in [1.54, 1.807) is 0 Å². The Morgan fingerprint density at radius 1 is 1.26 bits per heavy atom. The Morgan fingerprint density at radius 3 is 2.57 bits per heavy atom. The molecule has 4 nitrogen and oxygen atoms in total. The Morgan fingerprint density at radius 2 is 1.96 bits per heavy atom. The summed E-state index contributed by atoms with van der Waals surface area (Å²) in [4.78, 5) is 11.8. The number of amides is 1. The lowest BCUT2D eigenvalue weighted by Crippen LogP contribution is -2.42. The Labute approximate surface area is 141 Å². The zero-order valence-corrected chi connectivity index (χ0v) is 15.5. The number of alkyl carbamates (subject to hydrolysis) is 1. The van der Waals surface area contributed by atoms with Crippen molar-refractivity contribution in [2.75, 3.05) is 6.54 Å². The molecule has 2 N–H and O–H groups in total. The van der Waals surface area contributed by atoms with E-state index in [2.05, 4.69) is 49.6 Å². The minimum Gasteiger partial charge on any atom is -0.444 e. The van der Waals surface area contributed by atoms with Crippen LogP contribution in [0.15, 0.2) is 18.2 Å². The quantitative estimate of drug-likeness (QED) is 0.795. The van der Waals surface area contributed by atoms with Crippen molar-refractivity contribution >= 4 is 6.09 Å². The molecule has 1 rings (SSSR count). The molecule has 23 heavy (non-hydrogen) atoms. The molecule has 1 atom stereocenters. The van der Waals surface area contributed by atoms with Gasteiger partial charge in [-0.2, -0.15) is 0 Å². The first kappa shape index (κ1) is 19.5. The average molecular weight is 320 g/mol. The van der Waals surface area contributed by atoms with E-state index in [1.165, 1.54) is 16.7 Å². The van der Waals surface area contributed by atoms with E-state index >= 15 is 0 Å². The molecule has 1 amide bonds. The molecule has 0 aromatic heterocycles. The largest absolute Gasteiger partial charge is 0.444 e. The molecule has 1 aromatic carbocycles. The number of carbonyl (C=O) groups excluding carboxylic acids is 1. The molecule has 0 aliphatic heterocycles. The van der Waals surface area contributed by atoms with Crippen LogP contribution >= 0.6 is 0 Å². The Bertz CT molecular complexity index is 507. The minimum atomic E-state index is -0.462. The predicted octanol–water partition coefficient (Wildman–Crippen LogP) is 4.09. The zero-order valence-electron chi connectivity index (χ0n) is 15.5. The summed E-state index contributed by atoms with van der Waals surface area (Å²) in [7, 11) is 0. The van der Waals surface area contributed by atoms with E-state index < -0.39 is 5.60 Å². The van der Waals surface area contributed by atoms with Gasteiger partial charge in [0.2, 0.25) is 0 Å². The molecular weight excluding hydrogens is 288 g/mol. The molecule has 0 aliphatic rings. The van der Waals surface area contributed by atoms with Gasteiger partial charge < -0.3 is 15.4 Å². The number of rotatable bonds is 7. The number of carbonyl (C=O) groups is 1. The minimum absolute atomic E-state index is 0.243. The Balaban J connectivity index is 2.51. The van der Waals surface area contributed by atoms with Gasteiger partial charge in [-0.05, 0) is 52.2 Å². The fourth-order valence-corrected chi connectivity index (χ4v) is 2.39. The number of aryl methyl sites for hydroxylation is 2. The van der Waals surface area contributed by atoms with Gasteiger partial charge in [0.1, 0.15) is 5.60 Å². The van der Waals surface area contributed by atoms with Gasteiger partial charge in [-0.15, -0.1) is 0 Å². The summed E-state index contributed by atoms with van der Waals surface area (Å²) < 4.78 is 5.29. The highest BCUT2D eigenvalue weighted by Gasteiger charge is 2.17. The topological polar surface area (TPSA) is 50.4 Å². The molecule has 4 heteroatoms. The van der Waals surface area contributed by atoms with Crippen LogP contribution in [0.2, 0.25) is 0 Å². The second kappa shape index (κ2) is 8.92. The van der Waals surface area contributed by atoms with Crippen LogP contribution in [0.3, 0.4) is 0 Å². The van der Waals surface area contributed by atoms with Crippen LogP contribution in [0, 0.1) is 13.8 Å². The van der Waals surface area contributed by atoms with Crippen molar-refractivity contribution in [2.45, 2.75) is 72.6 Å². The molecule has 0 fully saturated rings. The van der Waals surface area contributed by atoms with Crippen LogP contribution in [0.4, 0.5) is 4.79 Å². The molecular formula is C19H32N2O2. The maximum Gasteiger partial charge on any atom is 0.407 e. The van der Waals surface area contributed by atoms with Gasteiger partial charge in [0, 0.05) is 19.1 Å². The van der Waals surface area contributed by atoms with Crippen LogP contribution in [-0.4, -0.2) is 24.3 Å².